The van der Waals surface area contributed by atoms with Crippen LogP contribution in [0.2, 0.25) is 0 Å². The number of amides is 1. The molecule has 0 unspecified atom stereocenters. The van der Waals surface area contributed by atoms with Crippen molar-refractivity contribution >= 4 is 29.0 Å². The molecule has 0 bridgehead atoms. The minimum atomic E-state index is -0.362. The number of aryl methyl sites for hydroxylation is 1. The highest BCUT2D eigenvalue weighted by atomic mass is 32.2. The summed E-state index contributed by atoms with van der Waals surface area (Å²) in [5.74, 6) is 0.218. The lowest BCUT2D eigenvalue weighted by Gasteiger charge is -2.06. The van der Waals surface area contributed by atoms with Crippen LogP contribution in [0.5, 0.6) is 5.75 Å². The molecule has 152 valence electrons. The van der Waals surface area contributed by atoms with Gasteiger partial charge in [-0.25, -0.2) is 4.39 Å². The summed E-state index contributed by atoms with van der Waals surface area (Å²) in [6.45, 7) is 1.67. The van der Waals surface area contributed by atoms with Gasteiger partial charge in [0.15, 0.2) is 5.65 Å². The molecule has 4 aromatic rings. The Morgan fingerprint density at radius 3 is 2.67 bits per heavy atom. The number of halogens is 1. The highest BCUT2D eigenvalue weighted by Crippen LogP contribution is 2.23. The van der Waals surface area contributed by atoms with Gasteiger partial charge in [-0.2, -0.15) is 9.61 Å². The standard InChI is InChI=1S/C21H18FN5O2S/c1-13-3-6-15(11-17(13)22)23-20(28)12-30-21-25-24-19-10-9-18(26-27(19)21)14-4-7-16(29-2)8-5-14/h3-11H,12H2,1-2H3,(H,23,28). The summed E-state index contributed by atoms with van der Waals surface area (Å²) in [4.78, 5) is 12.2. The smallest absolute Gasteiger partial charge is 0.234 e. The van der Waals surface area contributed by atoms with E-state index in [-0.39, 0.29) is 17.5 Å². The summed E-state index contributed by atoms with van der Waals surface area (Å²) in [5, 5.41) is 16.0. The van der Waals surface area contributed by atoms with E-state index in [9.17, 15) is 9.18 Å². The van der Waals surface area contributed by atoms with Gasteiger partial charge < -0.3 is 10.1 Å². The van der Waals surface area contributed by atoms with E-state index in [0.717, 1.165) is 17.0 Å². The molecule has 2 aromatic heterocycles. The molecule has 30 heavy (non-hydrogen) atoms. The zero-order valence-electron chi connectivity index (χ0n) is 16.3. The fourth-order valence-electron chi connectivity index (χ4n) is 2.77. The Kier molecular flexibility index (Phi) is 5.62. The van der Waals surface area contributed by atoms with Gasteiger partial charge in [0.1, 0.15) is 11.6 Å². The Labute approximate surface area is 176 Å². The molecule has 1 amide bonds. The van der Waals surface area contributed by atoms with Crippen molar-refractivity contribution in [1.82, 2.24) is 19.8 Å². The number of rotatable bonds is 6. The molecule has 0 aliphatic heterocycles. The molecule has 0 atom stereocenters. The molecule has 2 heterocycles. The third kappa shape index (κ3) is 4.25. The lowest BCUT2D eigenvalue weighted by Crippen LogP contribution is -2.14. The maximum Gasteiger partial charge on any atom is 0.234 e. The molecular formula is C21H18FN5O2S. The lowest BCUT2D eigenvalue weighted by molar-refractivity contribution is -0.113. The Morgan fingerprint density at radius 2 is 1.93 bits per heavy atom. The van der Waals surface area contributed by atoms with Gasteiger partial charge in [-0.3, -0.25) is 4.79 Å². The van der Waals surface area contributed by atoms with Crippen LogP contribution in [0.1, 0.15) is 5.56 Å². The molecule has 0 saturated carbocycles. The zero-order valence-corrected chi connectivity index (χ0v) is 17.1. The van der Waals surface area contributed by atoms with Gasteiger partial charge in [-0.1, -0.05) is 17.8 Å². The van der Waals surface area contributed by atoms with Crippen LogP contribution in [0.4, 0.5) is 10.1 Å². The van der Waals surface area contributed by atoms with E-state index in [1.807, 2.05) is 36.4 Å². The summed E-state index contributed by atoms with van der Waals surface area (Å²) >= 11 is 1.20. The van der Waals surface area contributed by atoms with E-state index in [2.05, 4.69) is 20.6 Å². The number of carbonyl (C=O) groups excluding carboxylic acids is 1. The van der Waals surface area contributed by atoms with Crippen molar-refractivity contribution < 1.29 is 13.9 Å². The van der Waals surface area contributed by atoms with E-state index in [4.69, 9.17) is 4.74 Å². The van der Waals surface area contributed by atoms with Crippen molar-refractivity contribution in [2.75, 3.05) is 18.2 Å². The topological polar surface area (TPSA) is 81.4 Å². The van der Waals surface area contributed by atoms with E-state index < -0.39 is 0 Å². The zero-order chi connectivity index (χ0) is 21.1. The van der Waals surface area contributed by atoms with Crippen molar-refractivity contribution in [3.63, 3.8) is 0 Å². The quantitative estimate of drug-likeness (QED) is 0.473. The first-order valence-electron chi connectivity index (χ1n) is 9.09. The fraction of sp³-hybridized carbons (Fsp3) is 0.143. The second kappa shape index (κ2) is 8.50. The van der Waals surface area contributed by atoms with Gasteiger partial charge in [0, 0.05) is 11.3 Å². The molecule has 4 rings (SSSR count). The Bertz CT molecular complexity index is 1210. The molecule has 2 aromatic carbocycles. The Hall–Kier alpha value is -3.46. The largest absolute Gasteiger partial charge is 0.497 e. The third-order valence-corrected chi connectivity index (χ3v) is 5.33. The normalized spacial score (nSPS) is 10.9. The average molecular weight is 423 g/mol. The molecule has 0 aliphatic carbocycles. The monoisotopic (exact) mass is 423 g/mol. The SMILES string of the molecule is COc1ccc(-c2ccc3nnc(SCC(=O)Nc4ccc(C)c(F)c4)n3n2)cc1. The highest BCUT2D eigenvalue weighted by molar-refractivity contribution is 7.99. The van der Waals surface area contributed by atoms with Gasteiger partial charge in [0.25, 0.3) is 0 Å². The van der Waals surface area contributed by atoms with Crippen LogP contribution in [-0.2, 0) is 4.79 Å². The summed E-state index contributed by atoms with van der Waals surface area (Å²) in [6.07, 6.45) is 0. The van der Waals surface area contributed by atoms with Crippen molar-refractivity contribution in [1.29, 1.82) is 0 Å². The van der Waals surface area contributed by atoms with E-state index in [1.165, 1.54) is 17.8 Å². The highest BCUT2D eigenvalue weighted by Gasteiger charge is 2.12. The van der Waals surface area contributed by atoms with Crippen LogP contribution in [0.15, 0.2) is 59.8 Å². The number of hydrogen-bond acceptors (Lipinski definition) is 6. The van der Waals surface area contributed by atoms with Crippen molar-refractivity contribution in [3.8, 4) is 17.0 Å². The number of thioether (sulfide) groups is 1. The summed E-state index contributed by atoms with van der Waals surface area (Å²) in [6, 6.07) is 15.8. The molecule has 0 fully saturated rings. The number of nitrogens with one attached hydrogen (secondary N) is 1. The summed E-state index contributed by atoms with van der Waals surface area (Å²) in [5.41, 5.74) is 3.18. The minimum absolute atomic E-state index is 0.0880. The number of methoxy groups -OCH3 is 1. The molecule has 0 spiro atoms. The summed E-state index contributed by atoms with van der Waals surface area (Å²) in [7, 11) is 1.62. The number of aromatic nitrogens is 4. The maximum atomic E-state index is 13.6. The van der Waals surface area contributed by atoms with E-state index in [1.54, 1.807) is 30.7 Å². The first-order valence-corrected chi connectivity index (χ1v) is 10.1. The molecule has 9 heteroatoms. The number of fused-ring (bicyclic) bond motifs is 1. The number of carbonyl (C=O) groups is 1. The molecular weight excluding hydrogens is 405 g/mol. The first-order chi connectivity index (χ1) is 14.5. The molecule has 0 aliphatic rings. The predicted octanol–water partition coefficient (Wildman–Crippen LogP) is 3.98. The number of anilines is 1. The Morgan fingerprint density at radius 1 is 1.13 bits per heavy atom. The van der Waals surface area contributed by atoms with Crippen LogP contribution in [0.25, 0.3) is 16.9 Å². The van der Waals surface area contributed by atoms with Crippen molar-refractivity contribution in [2.45, 2.75) is 12.1 Å². The number of nitrogens with zero attached hydrogens (tertiary/aromatic N) is 4. The average Bonchev–Trinajstić information content (AvgIpc) is 3.17. The van der Waals surface area contributed by atoms with Crippen LogP contribution in [-0.4, -0.2) is 38.6 Å². The van der Waals surface area contributed by atoms with Gasteiger partial charge in [0.2, 0.25) is 11.1 Å². The van der Waals surface area contributed by atoms with Crippen LogP contribution >= 0.6 is 11.8 Å². The molecule has 7 nitrogen and oxygen atoms in total. The van der Waals surface area contributed by atoms with Gasteiger partial charge >= 0.3 is 0 Å². The number of ether oxygens (including phenoxy) is 1. The Balaban J connectivity index is 1.48. The number of hydrogen-bond donors (Lipinski definition) is 1. The van der Waals surface area contributed by atoms with Gasteiger partial charge in [-0.05, 0) is 61.0 Å². The van der Waals surface area contributed by atoms with Gasteiger partial charge in [0.05, 0.1) is 18.6 Å². The van der Waals surface area contributed by atoms with Crippen molar-refractivity contribution in [3.05, 3.63) is 66.0 Å². The van der Waals surface area contributed by atoms with Crippen LogP contribution in [0.3, 0.4) is 0 Å². The molecule has 0 saturated heterocycles. The first kappa shape index (κ1) is 19.8. The second-order valence-corrected chi connectivity index (χ2v) is 7.44. The minimum Gasteiger partial charge on any atom is -0.497 e. The summed E-state index contributed by atoms with van der Waals surface area (Å²) < 4.78 is 20.4. The maximum absolute atomic E-state index is 13.6. The third-order valence-electron chi connectivity index (χ3n) is 4.41. The van der Waals surface area contributed by atoms with Gasteiger partial charge in [-0.15, -0.1) is 10.2 Å². The van der Waals surface area contributed by atoms with E-state index in [0.29, 0.717) is 22.1 Å². The van der Waals surface area contributed by atoms with Crippen molar-refractivity contribution in [2.24, 2.45) is 0 Å². The lowest BCUT2D eigenvalue weighted by atomic mass is 10.1. The number of benzene rings is 2. The molecule has 1 N–H and O–H groups in total. The fourth-order valence-corrected chi connectivity index (χ4v) is 3.46. The predicted molar refractivity (Wildman–Crippen MR) is 113 cm³/mol. The van der Waals surface area contributed by atoms with Crippen LogP contribution < -0.4 is 10.1 Å². The van der Waals surface area contributed by atoms with E-state index >= 15 is 0 Å². The second-order valence-electron chi connectivity index (χ2n) is 6.50. The molecule has 0 radical (unpaired) electrons. The van der Waals surface area contributed by atoms with Crippen LogP contribution in [0, 0.1) is 12.7 Å².